The molecule has 3 aromatic rings. The van der Waals surface area contributed by atoms with Crippen LogP contribution >= 0.6 is 0 Å². The summed E-state index contributed by atoms with van der Waals surface area (Å²) in [5.41, 5.74) is -0.672. The number of carbonyl (C=O) groups is 2. The van der Waals surface area contributed by atoms with Gasteiger partial charge in [-0.3, -0.25) is 9.69 Å². The van der Waals surface area contributed by atoms with E-state index in [1.54, 1.807) is 13.0 Å². The molecule has 0 aliphatic carbocycles. The summed E-state index contributed by atoms with van der Waals surface area (Å²) in [6, 6.07) is 7.69. The summed E-state index contributed by atoms with van der Waals surface area (Å²) in [6.07, 6.45) is 0.591. The molecule has 0 radical (unpaired) electrons. The van der Waals surface area contributed by atoms with Crippen molar-refractivity contribution < 1.29 is 23.5 Å². The lowest BCUT2D eigenvalue weighted by atomic mass is 10.2. The Morgan fingerprint density at radius 1 is 1.17 bits per heavy atom. The molecule has 1 aromatic heterocycles. The highest BCUT2D eigenvalue weighted by Gasteiger charge is 2.25. The van der Waals surface area contributed by atoms with Gasteiger partial charge in [0, 0.05) is 12.2 Å². The Bertz CT molecular complexity index is 1160. The van der Waals surface area contributed by atoms with Crippen LogP contribution in [0.1, 0.15) is 17.3 Å². The van der Waals surface area contributed by atoms with Crippen LogP contribution in [0.5, 0.6) is 11.5 Å². The van der Waals surface area contributed by atoms with Gasteiger partial charge in [0.25, 0.3) is 0 Å². The maximum atomic E-state index is 14.3. The van der Waals surface area contributed by atoms with Crippen molar-refractivity contribution in [1.29, 1.82) is 0 Å². The van der Waals surface area contributed by atoms with Crippen molar-refractivity contribution in [3.05, 3.63) is 58.3 Å². The number of hydrogen-bond acceptors (Lipinski definition) is 7. The predicted molar refractivity (Wildman–Crippen MR) is 104 cm³/mol. The van der Waals surface area contributed by atoms with Gasteiger partial charge >= 0.3 is 11.7 Å². The number of hydrogen-bond donors (Lipinski definition) is 0. The van der Waals surface area contributed by atoms with E-state index in [4.69, 9.17) is 9.47 Å². The van der Waals surface area contributed by atoms with Gasteiger partial charge in [0.15, 0.2) is 12.1 Å². The van der Waals surface area contributed by atoms with Crippen LogP contribution in [0.3, 0.4) is 0 Å². The third-order valence-electron chi connectivity index (χ3n) is 4.34. The molecule has 0 N–H and O–H groups in total. The summed E-state index contributed by atoms with van der Waals surface area (Å²) in [5.74, 6) is -0.379. The molecule has 156 valence electrons. The number of aromatic nitrogens is 4. The van der Waals surface area contributed by atoms with E-state index in [2.05, 4.69) is 10.4 Å². The Labute approximate surface area is 170 Å². The zero-order chi connectivity index (χ0) is 21.8. The van der Waals surface area contributed by atoms with Gasteiger partial charge in [-0.2, -0.15) is 4.68 Å². The van der Waals surface area contributed by atoms with Gasteiger partial charge in [0.2, 0.25) is 0 Å². The quantitative estimate of drug-likeness (QED) is 0.447. The molecule has 11 heteroatoms. The van der Waals surface area contributed by atoms with Crippen LogP contribution in [0.15, 0.2) is 41.2 Å². The molecule has 0 fully saturated rings. The third-order valence-corrected chi connectivity index (χ3v) is 4.34. The van der Waals surface area contributed by atoms with E-state index in [0.717, 1.165) is 6.07 Å². The number of halogens is 1. The Hall–Kier alpha value is -4.02. The first-order valence-corrected chi connectivity index (χ1v) is 8.79. The number of anilines is 1. The number of methoxy groups -OCH3 is 2. The number of aldehydes is 1. The summed E-state index contributed by atoms with van der Waals surface area (Å²) in [7, 11) is 2.73. The first kappa shape index (κ1) is 20.7. The Morgan fingerprint density at radius 2 is 1.90 bits per heavy atom. The number of carbonyl (C=O) groups excluding carboxylic acids is 2. The van der Waals surface area contributed by atoms with Crippen molar-refractivity contribution >= 4 is 18.0 Å². The summed E-state index contributed by atoms with van der Waals surface area (Å²) in [6.45, 7) is 1.84. The maximum absolute atomic E-state index is 14.3. The van der Waals surface area contributed by atoms with Gasteiger partial charge in [0.05, 0.1) is 19.8 Å². The fraction of sp³-hybridized carbons (Fsp3) is 0.211. The zero-order valence-corrected chi connectivity index (χ0v) is 16.4. The molecule has 0 spiro atoms. The maximum Gasteiger partial charge on any atom is 0.377 e. The number of benzene rings is 2. The molecule has 0 saturated carbocycles. The second-order valence-electron chi connectivity index (χ2n) is 5.95. The van der Waals surface area contributed by atoms with Crippen molar-refractivity contribution in [2.45, 2.75) is 6.92 Å². The molecule has 0 aliphatic rings. The van der Waals surface area contributed by atoms with E-state index in [0.29, 0.717) is 27.1 Å². The van der Waals surface area contributed by atoms with E-state index >= 15 is 0 Å². The largest absolute Gasteiger partial charge is 0.496 e. The molecule has 0 unspecified atom stereocenters. The van der Waals surface area contributed by atoms with Crippen molar-refractivity contribution in [1.82, 2.24) is 19.8 Å². The highest BCUT2D eigenvalue weighted by molar-refractivity contribution is 5.94. The molecule has 2 aromatic carbocycles. The fourth-order valence-electron chi connectivity index (χ4n) is 2.90. The minimum Gasteiger partial charge on any atom is -0.496 e. The average Bonchev–Trinajstić information content (AvgIpc) is 3.14. The summed E-state index contributed by atoms with van der Waals surface area (Å²) < 4.78 is 25.6. The number of tetrazole rings is 1. The molecule has 0 bridgehead atoms. The van der Waals surface area contributed by atoms with Gasteiger partial charge in [-0.25, -0.2) is 14.0 Å². The number of amides is 1. The molecule has 30 heavy (non-hydrogen) atoms. The highest BCUT2D eigenvalue weighted by Crippen LogP contribution is 2.25. The Kier molecular flexibility index (Phi) is 5.90. The van der Waals surface area contributed by atoms with Crippen LogP contribution in [0.2, 0.25) is 0 Å². The van der Waals surface area contributed by atoms with Crippen molar-refractivity contribution in [2.75, 3.05) is 25.7 Å². The number of ether oxygens (including phenoxy) is 2. The lowest BCUT2D eigenvalue weighted by Gasteiger charge is -2.20. The van der Waals surface area contributed by atoms with Crippen molar-refractivity contribution in [2.24, 2.45) is 0 Å². The SMILES string of the molecule is CCN(C(=O)n1nnn(-c2c(F)cccc2OC)c1=O)c1ccc(OC)c(C=O)c1. The lowest BCUT2D eigenvalue weighted by Crippen LogP contribution is -2.41. The van der Waals surface area contributed by atoms with E-state index < -0.39 is 17.5 Å². The molecule has 0 aliphatic heterocycles. The second-order valence-corrected chi connectivity index (χ2v) is 5.95. The van der Waals surface area contributed by atoms with E-state index in [-0.39, 0.29) is 23.5 Å². The molecule has 0 saturated heterocycles. The summed E-state index contributed by atoms with van der Waals surface area (Å²) in [4.78, 5) is 38.2. The van der Waals surface area contributed by atoms with Crippen LogP contribution in [-0.4, -0.2) is 52.9 Å². The standard InChI is InChI=1S/C19H18FN5O5/c1-4-23(13-8-9-15(29-2)12(10-13)11-26)18(27)25-19(28)24(21-22-25)17-14(20)6-5-7-16(17)30-3/h5-11H,4H2,1-3H3. The molecular formula is C19H18FN5O5. The van der Waals surface area contributed by atoms with Crippen LogP contribution < -0.4 is 20.1 Å². The molecule has 10 nitrogen and oxygen atoms in total. The third kappa shape index (κ3) is 3.52. The lowest BCUT2D eigenvalue weighted by molar-refractivity contribution is 0.112. The number of rotatable bonds is 6. The smallest absolute Gasteiger partial charge is 0.377 e. The molecule has 1 amide bonds. The van der Waals surface area contributed by atoms with Gasteiger partial charge < -0.3 is 9.47 Å². The summed E-state index contributed by atoms with van der Waals surface area (Å²) in [5, 5.41) is 7.21. The minimum atomic E-state index is -0.981. The van der Waals surface area contributed by atoms with Gasteiger partial charge in [0.1, 0.15) is 17.2 Å². The number of para-hydroxylation sites is 1. The van der Waals surface area contributed by atoms with Crippen LogP contribution in [-0.2, 0) is 0 Å². The van der Waals surface area contributed by atoms with Crippen LogP contribution in [0.4, 0.5) is 14.9 Å². The Balaban J connectivity index is 2.04. The first-order chi connectivity index (χ1) is 14.5. The average molecular weight is 415 g/mol. The van der Waals surface area contributed by atoms with E-state index in [1.807, 2.05) is 0 Å². The fourth-order valence-corrected chi connectivity index (χ4v) is 2.90. The van der Waals surface area contributed by atoms with Gasteiger partial charge in [-0.1, -0.05) is 6.07 Å². The monoisotopic (exact) mass is 415 g/mol. The van der Waals surface area contributed by atoms with E-state index in [1.165, 1.54) is 43.4 Å². The van der Waals surface area contributed by atoms with Crippen LogP contribution in [0, 0.1) is 5.82 Å². The first-order valence-electron chi connectivity index (χ1n) is 8.79. The number of nitrogens with zero attached hydrogens (tertiary/aromatic N) is 5. The molecular weight excluding hydrogens is 397 g/mol. The molecule has 3 rings (SSSR count). The Morgan fingerprint density at radius 3 is 2.53 bits per heavy atom. The van der Waals surface area contributed by atoms with Gasteiger partial charge in [-0.05, 0) is 47.7 Å². The molecule has 0 atom stereocenters. The van der Waals surface area contributed by atoms with Crippen LogP contribution in [0.25, 0.3) is 5.69 Å². The van der Waals surface area contributed by atoms with E-state index in [9.17, 15) is 18.8 Å². The summed E-state index contributed by atoms with van der Waals surface area (Å²) >= 11 is 0. The van der Waals surface area contributed by atoms with Gasteiger partial charge in [-0.15, -0.1) is 4.68 Å². The second kappa shape index (κ2) is 8.55. The van der Waals surface area contributed by atoms with Crippen molar-refractivity contribution in [3.63, 3.8) is 0 Å². The predicted octanol–water partition coefficient (Wildman–Crippen LogP) is 1.89. The van der Waals surface area contributed by atoms with Crippen molar-refractivity contribution in [3.8, 4) is 17.2 Å². The highest BCUT2D eigenvalue weighted by atomic mass is 19.1. The topological polar surface area (TPSA) is 109 Å². The normalized spacial score (nSPS) is 10.5. The minimum absolute atomic E-state index is 0.0507. The zero-order valence-electron chi connectivity index (χ0n) is 16.4. The molecule has 1 heterocycles.